The number of hydrogen-bond donors (Lipinski definition) is 1. The van der Waals surface area contributed by atoms with Crippen molar-refractivity contribution < 1.29 is 0 Å². The molecule has 2 aromatic carbocycles. The monoisotopic (exact) mass is 224 g/mol. The number of hydrogen-bond acceptors (Lipinski definition) is 1. The maximum absolute atomic E-state index is 7.54. The number of aryl methyl sites for hydroxylation is 2. The molecule has 0 bridgehead atoms. The minimum absolute atomic E-state index is 1.01. The zero-order chi connectivity index (χ0) is 12.3. The van der Waals surface area contributed by atoms with Crippen LogP contribution in [0.1, 0.15) is 11.1 Å². The van der Waals surface area contributed by atoms with Gasteiger partial charge in [-0.2, -0.15) is 0 Å². The molecule has 0 saturated heterocycles. The molecular weight excluding hydrogens is 208 g/mol. The number of rotatable bonds is 3. The smallest absolute Gasteiger partial charge is 0.0907 e. The zero-order valence-electron chi connectivity index (χ0n) is 10.1. The quantitative estimate of drug-likeness (QED) is 0.618. The van der Waals surface area contributed by atoms with E-state index in [2.05, 4.69) is 38.1 Å². The lowest BCUT2D eigenvalue weighted by atomic mass is 10.2. The van der Waals surface area contributed by atoms with Crippen LogP contribution in [0.4, 0.5) is 11.4 Å². The Kier molecular flexibility index (Phi) is 3.24. The summed E-state index contributed by atoms with van der Waals surface area (Å²) < 4.78 is 0. The summed E-state index contributed by atoms with van der Waals surface area (Å²) in [5, 5.41) is 7.54. The van der Waals surface area contributed by atoms with Crippen molar-refractivity contribution in [2.45, 2.75) is 13.8 Å². The van der Waals surface area contributed by atoms with Crippen molar-refractivity contribution in [3.63, 3.8) is 0 Å². The first-order valence-electron chi connectivity index (χ1n) is 5.64. The van der Waals surface area contributed by atoms with Gasteiger partial charge in [0.05, 0.1) is 6.34 Å². The highest BCUT2D eigenvalue weighted by Crippen LogP contribution is 2.24. The van der Waals surface area contributed by atoms with E-state index in [1.807, 2.05) is 29.2 Å². The van der Waals surface area contributed by atoms with Crippen LogP contribution in [-0.4, -0.2) is 6.34 Å². The molecule has 0 atom stereocenters. The van der Waals surface area contributed by atoms with Gasteiger partial charge >= 0.3 is 0 Å². The van der Waals surface area contributed by atoms with Crippen LogP contribution < -0.4 is 4.90 Å². The minimum atomic E-state index is 1.01. The van der Waals surface area contributed by atoms with Gasteiger partial charge in [0, 0.05) is 11.4 Å². The van der Waals surface area contributed by atoms with Crippen LogP contribution in [0, 0.1) is 19.3 Å². The van der Waals surface area contributed by atoms with Crippen molar-refractivity contribution in [1.82, 2.24) is 0 Å². The van der Waals surface area contributed by atoms with Gasteiger partial charge in [-0.25, -0.2) is 0 Å². The first-order valence-corrected chi connectivity index (χ1v) is 5.64. The standard InChI is InChI=1S/C15H16N2/c1-12-3-7-14(8-4-12)17(11-16)15-9-5-13(2)6-10-15/h3-11,16H,1-2H3. The molecule has 2 rings (SSSR count). The third-order valence-corrected chi connectivity index (χ3v) is 2.75. The molecule has 0 amide bonds. The number of anilines is 2. The summed E-state index contributed by atoms with van der Waals surface area (Å²) in [5.41, 5.74) is 4.47. The van der Waals surface area contributed by atoms with E-state index in [0.29, 0.717) is 0 Å². The first-order chi connectivity index (χ1) is 8.20. The molecule has 86 valence electrons. The molecule has 0 unspecified atom stereocenters. The van der Waals surface area contributed by atoms with E-state index in [0.717, 1.165) is 11.4 Å². The van der Waals surface area contributed by atoms with E-state index >= 15 is 0 Å². The maximum atomic E-state index is 7.54. The molecule has 0 radical (unpaired) electrons. The fourth-order valence-corrected chi connectivity index (χ4v) is 1.71. The Bertz CT molecular complexity index is 452. The molecule has 17 heavy (non-hydrogen) atoms. The van der Waals surface area contributed by atoms with Crippen molar-refractivity contribution in [3.8, 4) is 0 Å². The Morgan fingerprint density at radius 3 is 1.41 bits per heavy atom. The second-order valence-electron chi connectivity index (χ2n) is 4.17. The van der Waals surface area contributed by atoms with Gasteiger partial charge in [0.2, 0.25) is 0 Å². The maximum Gasteiger partial charge on any atom is 0.0907 e. The SMILES string of the molecule is Cc1ccc(N(C=N)c2ccc(C)cc2)cc1. The number of benzene rings is 2. The zero-order valence-corrected chi connectivity index (χ0v) is 10.1. The Hall–Kier alpha value is -2.09. The summed E-state index contributed by atoms with van der Waals surface area (Å²) >= 11 is 0. The van der Waals surface area contributed by atoms with Gasteiger partial charge < -0.3 is 4.90 Å². The van der Waals surface area contributed by atoms with E-state index in [-0.39, 0.29) is 0 Å². The average Bonchev–Trinajstić information content (AvgIpc) is 2.35. The third-order valence-electron chi connectivity index (χ3n) is 2.75. The van der Waals surface area contributed by atoms with E-state index in [4.69, 9.17) is 5.41 Å². The molecule has 0 aromatic heterocycles. The Balaban J connectivity index is 2.36. The van der Waals surface area contributed by atoms with E-state index in [9.17, 15) is 0 Å². The van der Waals surface area contributed by atoms with Crippen LogP contribution in [0.2, 0.25) is 0 Å². The van der Waals surface area contributed by atoms with Gasteiger partial charge in [-0.15, -0.1) is 0 Å². The molecule has 0 spiro atoms. The summed E-state index contributed by atoms with van der Waals surface area (Å²) in [6.45, 7) is 4.12. The van der Waals surface area contributed by atoms with Crippen LogP contribution in [0.5, 0.6) is 0 Å². The lowest BCUT2D eigenvalue weighted by molar-refractivity contribution is 1.31. The molecule has 2 aromatic rings. The van der Waals surface area contributed by atoms with Crippen LogP contribution in [0.25, 0.3) is 0 Å². The number of nitrogens with one attached hydrogen (secondary N) is 1. The second-order valence-corrected chi connectivity index (χ2v) is 4.17. The van der Waals surface area contributed by atoms with E-state index < -0.39 is 0 Å². The highest BCUT2D eigenvalue weighted by Gasteiger charge is 2.05. The fraction of sp³-hybridized carbons (Fsp3) is 0.133. The lowest BCUT2D eigenvalue weighted by Crippen LogP contribution is -2.13. The summed E-state index contributed by atoms with van der Waals surface area (Å²) in [6, 6.07) is 16.3. The van der Waals surface area contributed by atoms with Crippen molar-refractivity contribution in [2.24, 2.45) is 0 Å². The summed E-state index contributed by atoms with van der Waals surface area (Å²) in [6.07, 6.45) is 1.34. The summed E-state index contributed by atoms with van der Waals surface area (Å²) in [4.78, 5) is 1.86. The van der Waals surface area contributed by atoms with Gasteiger partial charge in [-0.3, -0.25) is 5.41 Å². The normalized spacial score (nSPS) is 10.0. The van der Waals surface area contributed by atoms with Crippen molar-refractivity contribution in [3.05, 3.63) is 59.7 Å². The average molecular weight is 224 g/mol. The van der Waals surface area contributed by atoms with Crippen LogP contribution >= 0.6 is 0 Å². The van der Waals surface area contributed by atoms with Gasteiger partial charge in [-0.05, 0) is 38.1 Å². The molecule has 0 saturated carbocycles. The first kappa shape index (κ1) is 11.4. The molecule has 2 heteroatoms. The summed E-state index contributed by atoms with van der Waals surface area (Å²) in [7, 11) is 0. The van der Waals surface area contributed by atoms with Crippen LogP contribution in [-0.2, 0) is 0 Å². The molecule has 2 nitrogen and oxygen atoms in total. The fourth-order valence-electron chi connectivity index (χ4n) is 1.71. The van der Waals surface area contributed by atoms with Crippen molar-refractivity contribution >= 4 is 17.7 Å². The van der Waals surface area contributed by atoms with Gasteiger partial charge in [0.15, 0.2) is 0 Å². The Morgan fingerprint density at radius 2 is 1.12 bits per heavy atom. The minimum Gasteiger partial charge on any atom is -0.302 e. The van der Waals surface area contributed by atoms with Gasteiger partial charge in [-0.1, -0.05) is 35.4 Å². The molecule has 0 aliphatic carbocycles. The van der Waals surface area contributed by atoms with E-state index in [1.165, 1.54) is 17.5 Å². The van der Waals surface area contributed by atoms with Gasteiger partial charge in [0.25, 0.3) is 0 Å². The summed E-state index contributed by atoms with van der Waals surface area (Å²) in [5.74, 6) is 0. The lowest BCUT2D eigenvalue weighted by Gasteiger charge is -2.19. The van der Waals surface area contributed by atoms with Crippen LogP contribution in [0.3, 0.4) is 0 Å². The largest absolute Gasteiger partial charge is 0.302 e. The molecule has 0 aliphatic rings. The van der Waals surface area contributed by atoms with Crippen LogP contribution in [0.15, 0.2) is 48.5 Å². The molecule has 0 fully saturated rings. The molecule has 0 aliphatic heterocycles. The highest BCUT2D eigenvalue weighted by atomic mass is 15.1. The molecule has 0 heterocycles. The molecular formula is C15H16N2. The predicted octanol–water partition coefficient (Wildman–Crippen LogP) is 4.05. The third kappa shape index (κ3) is 2.53. The van der Waals surface area contributed by atoms with Crippen molar-refractivity contribution in [2.75, 3.05) is 4.90 Å². The number of nitrogens with zero attached hydrogens (tertiary/aromatic N) is 1. The highest BCUT2D eigenvalue weighted by molar-refractivity contribution is 5.87. The predicted molar refractivity (Wildman–Crippen MR) is 73.3 cm³/mol. The molecule has 1 N–H and O–H groups in total. The van der Waals surface area contributed by atoms with Crippen molar-refractivity contribution in [1.29, 1.82) is 5.41 Å². The Morgan fingerprint density at radius 1 is 0.765 bits per heavy atom. The van der Waals surface area contributed by atoms with Gasteiger partial charge in [0.1, 0.15) is 0 Å². The van der Waals surface area contributed by atoms with E-state index in [1.54, 1.807) is 0 Å². The topological polar surface area (TPSA) is 27.1 Å². The second kappa shape index (κ2) is 4.83. The Labute approximate surface area is 102 Å².